The Morgan fingerprint density at radius 2 is 1.85 bits per heavy atom. The number of rotatable bonds is 4. The number of aliphatic hydroxyl groups excluding tert-OH is 1. The van der Waals surface area contributed by atoms with Crippen molar-refractivity contribution in [2.45, 2.75) is 0 Å². The Balaban J connectivity index is 1.97. The molecule has 0 spiro atoms. The Hall–Kier alpha value is -2.21. The molecule has 1 heterocycles. The van der Waals surface area contributed by atoms with Crippen molar-refractivity contribution in [3.63, 3.8) is 0 Å². The van der Waals surface area contributed by atoms with Crippen LogP contribution in [0.1, 0.15) is 15.9 Å². The molecule has 26 heavy (non-hydrogen) atoms. The molecule has 0 fully saturated rings. The lowest BCUT2D eigenvalue weighted by Crippen LogP contribution is -2.12. The van der Waals surface area contributed by atoms with Crippen LogP contribution in [0.2, 0.25) is 10.0 Å². The Kier molecular flexibility index (Phi) is 5.42. The van der Waals surface area contributed by atoms with Gasteiger partial charge >= 0.3 is 0 Å². The predicted molar refractivity (Wildman–Crippen MR) is 114 cm³/mol. The van der Waals surface area contributed by atoms with Gasteiger partial charge in [0.2, 0.25) is 0 Å². The zero-order valence-corrected chi connectivity index (χ0v) is 16.2. The van der Waals surface area contributed by atoms with E-state index in [1.165, 1.54) is 17.4 Å². The van der Waals surface area contributed by atoms with Gasteiger partial charge in [-0.1, -0.05) is 59.5 Å². The zero-order chi connectivity index (χ0) is 18.8. The van der Waals surface area contributed by atoms with Gasteiger partial charge in [0.15, 0.2) is 0 Å². The van der Waals surface area contributed by atoms with Gasteiger partial charge in [0.05, 0.1) is 16.1 Å². The summed E-state index contributed by atoms with van der Waals surface area (Å²) in [6, 6.07) is 12.6. The average Bonchev–Trinajstić information content (AvgIpc) is 2.99. The summed E-state index contributed by atoms with van der Waals surface area (Å²) < 4.78 is 0. The summed E-state index contributed by atoms with van der Waals surface area (Å²) in [6.45, 7) is 3.64. The van der Waals surface area contributed by atoms with Gasteiger partial charge in [-0.2, -0.15) is 0 Å². The van der Waals surface area contributed by atoms with E-state index in [0.717, 1.165) is 16.6 Å². The molecule has 0 atom stereocenters. The second-order valence-electron chi connectivity index (χ2n) is 5.74. The Bertz CT molecular complexity index is 999. The van der Waals surface area contributed by atoms with E-state index in [1.54, 1.807) is 12.1 Å². The third kappa shape index (κ3) is 3.80. The van der Waals surface area contributed by atoms with Crippen LogP contribution in [0, 0.1) is 0 Å². The van der Waals surface area contributed by atoms with Crippen LogP contribution in [0.5, 0.6) is 0 Å². The summed E-state index contributed by atoms with van der Waals surface area (Å²) >= 11 is 13.3. The van der Waals surface area contributed by atoms with Crippen molar-refractivity contribution in [3.8, 4) is 11.1 Å². The first-order valence-corrected chi connectivity index (χ1v) is 9.33. The normalized spacial score (nSPS) is 10.5. The van der Waals surface area contributed by atoms with E-state index in [-0.39, 0.29) is 16.7 Å². The lowest BCUT2D eigenvalue weighted by Gasteiger charge is -2.09. The van der Waals surface area contributed by atoms with Crippen molar-refractivity contribution in [2.75, 3.05) is 5.32 Å². The summed E-state index contributed by atoms with van der Waals surface area (Å²) in [5.74, 6) is -0.495. The third-order valence-electron chi connectivity index (χ3n) is 3.84. The minimum atomic E-state index is -0.383. The quantitative estimate of drug-likeness (QED) is 0.489. The zero-order valence-electron chi connectivity index (χ0n) is 13.8. The summed E-state index contributed by atoms with van der Waals surface area (Å²) in [7, 11) is 2.00. The minimum absolute atomic E-state index is 0.112. The molecule has 0 bridgehead atoms. The fourth-order valence-corrected chi connectivity index (χ4v) is 4.01. The number of halogens is 2. The molecule has 0 aliphatic carbocycles. The molecule has 0 aliphatic rings. The fraction of sp³-hybridized carbons (Fsp3) is 0. The maximum absolute atomic E-state index is 12.6. The van der Waals surface area contributed by atoms with E-state index in [2.05, 4.69) is 11.9 Å². The molecule has 0 unspecified atom stereocenters. The largest absolute Gasteiger partial charge is 0.508 e. The van der Waals surface area contributed by atoms with E-state index >= 15 is 0 Å². The topological polar surface area (TPSA) is 49.3 Å². The highest BCUT2D eigenvalue weighted by Gasteiger charge is 2.19. The molecule has 0 aliphatic heterocycles. The Morgan fingerprint density at radius 1 is 1.15 bits per heavy atom. The number of nitrogens with one attached hydrogen (secondary N) is 1. The highest BCUT2D eigenvalue weighted by atomic mass is 35.5. The molecule has 2 aromatic carbocycles. The van der Waals surface area contributed by atoms with E-state index in [4.69, 9.17) is 23.2 Å². The SMILES string of the molecule is Bc1ccc(-c2csc(NC(=O)c3ccc(Cl)cc3Cl)c2C(=C)O)cc1. The number of thiophene rings is 1. The second-order valence-corrected chi connectivity index (χ2v) is 7.47. The lowest BCUT2D eigenvalue weighted by molar-refractivity contribution is 0.102. The van der Waals surface area contributed by atoms with Crippen LogP contribution in [-0.4, -0.2) is 18.9 Å². The third-order valence-corrected chi connectivity index (χ3v) is 5.29. The van der Waals surface area contributed by atoms with Crippen LogP contribution < -0.4 is 10.8 Å². The monoisotopic (exact) mass is 401 g/mol. The maximum Gasteiger partial charge on any atom is 0.257 e. The molecule has 0 saturated heterocycles. The number of hydrogen-bond acceptors (Lipinski definition) is 3. The molecule has 0 saturated carbocycles. The van der Waals surface area contributed by atoms with Crippen LogP contribution in [0.15, 0.2) is 54.4 Å². The van der Waals surface area contributed by atoms with Crippen molar-refractivity contribution in [3.05, 3.63) is 75.6 Å². The summed E-state index contributed by atoms with van der Waals surface area (Å²) in [6.07, 6.45) is 0. The van der Waals surface area contributed by atoms with Crippen molar-refractivity contribution in [2.24, 2.45) is 0 Å². The molecule has 130 valence electrons. The van der Waals surface area contributed by atoms with Crippen molar-refractivity contribution < 1.29 is 9.90 Å². The molecule has 7 heteroatoms. The number of carbonyl (C=O) groups is 1. The number of anilines is 1. The predicted octanol–water partition coefficient (Wildman–Crippen LogP) is 4.76. The number of hydrogen-bond donors (Lipinski definition) is 2. The van der Waals surface area contributed by atoms with E-state index in [1.807, 2.05) is 37.5 Å². The first kappa shape index (κ1) is 18.6. The van der Waals surface area contributed by atoms with Crippen molar-refractivity contribution in [1.29, 1.82) is 0 Å². The molecule has 3 rings (SSSR count). The van der Waals surface area contributed by atoms with Gasteiger partial charge in [-0.3, -0.25) is 4.79 Å². The van der Waals surface area contributed by atoms with Crippen LogP contribution in [0.25, 0.3) is 16.9 Å². The van der Waals surface area contributed by atoms with Gasteiger partial charge in [0, 0.05) is 16.0 Å². The van der Waals surface area contributed by atoms with Crippen LogP contribution in [-0.2, 0) is 0 Å². The van der Waals surface area contributed by atoms with Crippen LogP contribution in [0.4, 0.5) is 5.00 Å². The smallest absolute Gasteiger partial charge is 0.257 e. The highest BCUT2D eigenvalue weighted by Crippen LogP contribution is 2.39. The van der Waals surface area contributed by atoms with Crippen molar-refractivity contribution >= 4 is 64.5 Å². The highest BCUT2D eigenvalue weighted by molar-refractivity contribution is 7.15. The van der Waals surface area contributed by atoms with Crippen molar-refractivity contribution in [1.82, 2.24) is 0 Å². The molecule has 1 amide bonds. The standard InChI is InChI=1S/C19H14BCl2NO2S/c1-10(24)17-15(11-2-4-12(20)5-3-11)9-26-19(17)23-18(25)14-7-6-13(21)8-16(14)22/h2-9,24H,1,20H2,(H,23,25). The van der Waals surface area contributed by atoms with E-state index in [9.17, 15) is 9.90 Å². The molecule has 3 nitrogen and oxygen atoms in total. The van der Waals surface area contributed by atoms with E-state index < -0.39 is 0 Å². The van der Waals surface area contributed by atoms with Crippen LogP contribution in [0.3, 0.4) is 0 Å². The number of benzene rings is 2. The molecule has 0 radical (unpaired) electrons. The molecule has 3 aromatic rings. The van der Waals surface area contributed by atoms with E-state index in [0.29, 0.717) is 21.2 Å². The fourth-order valence-electron chi connectivity index (χ4n) is 2.53. The lowest BCUT2D eigenvalue weighted by atomic mass is 9.93. The average molecular weight is 402 g/mol. The minimum Gasteiger partial charge on any atom is -0.508 e. The first-order chi connectivity index (χ1) is 12.4. The summed E-state index contributed by atoms with van der Waals surface area (Å²) in [5, 5.41) is 16.0. The number of carbonyl (C=O) groups excluding carboxylic acids is 1. The molecule has 1 aromatic heterocycles. The van der Waals surface area contributed by atoms with Gasteiger partial charge in [0.25, 0.3) is 5.91 Å². The van der Waals surface area contributed by atoms with Gasteiger partial charge in [-0.25, -0.2) is 0 Å². The van der Waals surface area contributed by atoms with Crippen LogP contribution >= 0.6 is 34.5 Å². The molecule has 2 N–H and O–H groups in total. The van der Waals surface area contributed by atoms with Gasteiger partial charge in [-0.15, -0.1) is 11.3 Å². The number of aliphatic hydroxyl groups is 1. The van der Waals surface area contributed by atoms with Gasteiger partial charge in [-0.05, 0) is 23.8 Å². The second kappa shape index (κ2) is 7.58. The molecular weight excluding hydrogens is 388 g/mol. The maximum atomic E-state index is 12.6. The number of amides is 1. The summed E-state index contributed by atoms with van der Waals surface area (Å²) in [5.41, 5.74) is 3.68. The Labute approximate surface area is 166 Å². The van der Waals surface area contributed by atoms with Gasteiger partial charge in [0.1, 0.15) is 18.6 Å². The Morgan fingerprint density at radius 3 is 2.46 bits per heavy atom. The molecular formula is C19H14BCl2NO2S. The van der Waals surface area contributed by atoms with Gasteiger partial charge < -0.3 is 10.4 Å². The summed E-state index contributed by atoms with van der Waals surface area (Å²) in [4.78, 5) is 12.6. The first-order valence-electron chi connectivity index (χ1n) is 7.70.